The highest BCUT2D eigenvalue weighted by Gasteiger charge is 2.30. The fourth-order valence-electron chi connectivity index (χ4n) is 4.97. The fourth-order valence-corrected chi connectivity index (χ4v) is 4.97. The molecule has 46 heavy (non-hydrogen) atoms. The minimum absolute atomic E-state index is 0.279. The SMILES string of the molecule is COc1ccc(CN(Cc2ccccc2CN(Cc2ccc(OC)cc2)[C@@H](C)C(=O)OC(C)(C)C)[C@@H](C)C(=O)OC(C)(C)C)cc1. The van der Waals surface area contributed by atoms with Crippen molar-refractivity contribution in [3.8, 4) is 11.5 Å². The summed E-state index contributed by atoms with van der Waals surface area (Å²) in [6.07, 6.45) is 0. The predicted molar refractivity (Wildman–Crippen MR) is 182 cm³/mol. The lowest BCUT2D eigenvalue weighted by Gasteiger charge is -2.33. The summed E-state index contributed by atoms with van der Waals surface area (Å²) in [5.41, 5.74) is 3.01. The molecule has 0 N–H and O–H groups in total. The van der Waals surface area contributed by atoms with E-state index >= 15 is 0 Å². The normalized spacial score (nSPS) is 13.3. The van der Waals surface area contributed by atoms with Gasteiger partial charge in [-0.2, -0.15) is 0 Å². The van der Waals surface area contributed by atoms with Crippen LogP contribution in [0.5, 0.6) is 11.5 Å². The first-order chi connectivity index (χ1) is 21.6. The van der Waals surface area contributed by atoms with Crippen LogP contribution in [0.4, 0.5) is 0 Å². The molecule has 0 aliphatic heterocycles. The van der Waals surface area contributed by atoms with E-state index in [1.165, 1.54) is 0 Å². The highest BCUT2D eigenvalue weighted by molar-refractivity contribution is 5.76. The van der Waals surface area contributed by atoms with Crippen molar-refractivity contribution in [2.45, 2.75) is 105 Å². The number of esters is 2. The van der Waals surface area contributed by atoms with Crippen LogP contribution < -0.4 is 9.47 Å². The number of hydrogen-bond acceptors (Lipinski definition) is 8. The summed E-state index contributed by atoms with van der Waals surface area (Å²) >= 11 is 0. The van der Waals surface area contributed by atoms with E-state index in [1.807, 2.05) is 116 Å². The van der Waals surface area contributed by atoms with Gasteiger partial charge in [0.1, 0.15) is 34.8 Å². The quantitative estimate of drug-likeness (QED) is 0.173. The molecule has 8 nitrogen and oxygen atoms in total. The lowest BCUT2D eigenvalue weighted by molar-refractivity contribution is -0.162. The molecule has 0 saturated carbocycles. The molecule has 0 heterocycles. The number of hydrogen-bond donors (Lipinski definition) is 0. The molecule has 0 amide bonds. The molecule has 0 bridgehead atoms. The van der Waals surface area contributed by atoms with Crippen LogP contribution in [0.3, 0.4) is 0 Å². The first-order valence-electron chi connectivity index (χ1n) is 15.8. The molecule has 0 saturated heterocycles. The minimum Gasteiger partial charge on any atom is -0.497 e. The monoisotopic (exact) mass is 632 g/mol. The topological polar surface area (TPSA) is 77.5 Å². The summed E-state index contributed by atoms with van der Waals surface area (Å²) in [5.74, 6) is 0.991. The van der Waals surface area contributed by atoms with Crippen LogP contribution in [0.1, 0.15) is 77.6 Å². The Balaban J connectivity index is 1.95. The van der Waals surface area contributed by atoms with E-state index in [2.05, 4.69) is 21.9 Å². The van der Waals surface area contributed by atoms with Gasteiger partial charge >= 0.3 is 11.9 Å². The summed E-state index contributed by atoms with van der Waals surface area (Å²) in [5, 5.41) is 0. The summed E-state index contributed by atoms with van der Waals surface area (Å²) in [6.45, 7) is 17.1. The lowest BCUT2D eigenvalue weighted by Crippen LogP contribution is -2.43. The van der Waals surface area contributed by atoms with Gasteiger partial charge in [0.15, 0.2) is 0 Å². The average molecular weight is 633 g/mol. The van der Waals surface area contributed by atoms with Crippen LogP contribution in [0, 0.1) is 0 Å². The van der Waals surface area contributed by atoms with Gasteiger partial charge in [0.2, 0.25) is 0 Å². The van der Waals surface area contributed by atoms with Gasteiger partial charge in [-0.05, 0) is 102 Å². The maximum absolute atomic E-state index is 13.3. The number of carbonyl (C=O) groups excluding carboxylic acids is 2. The van der Waals surface area contributed by atoms with Crippen molar-refractivity contribution in [3.63, 3.8) is 0 Å². The van der Waals surface area contributed by atoms with E-state index in [-0.39, 0.29) is 11.9 Å². The molecule has 0 aliphatic carbocycles. The van der Waals surface area contributed by atoms with E-state index in [9.17, 15) is 9.59 Å². The summed E-state index contributed by atoms with van der Waals surface area (Å²) in [6, 6.07) is 22.9. The molecule has 0 unspecified atom stereocenters. The fraction of sp³-hybridized carbons (Fsp3) is 0.474. The van der Waals surface area contributed by atoms with Crippen molar-refractivity contribution in [2.75, 3.05) is 14.2 Å². The van der Waals surface area contributed by atoms with Crippen molar-refractivity contribution >= 4 is 11.9 Å². The van der Waals surface area contributed by atoms with Crippen LogP contribution in [-0.2, 0) is 45.2 Å². The van der Waals surface area contributed by atoms with Gasteiger partial charge in [-0.15, -0.1) is 0 Å². The van der Waals surface area contributed by atoms with E-state index < -0.39 is 23.3 Å². The van der Waals surface area contributed by atoms with Gasteiger partial charge in [-0.3, -0.25) is 19.4 Å². The van der Waals surface area contributed by atoms with Crippen LogP contribution in [0.2, 0.25) is 0 Å². The molecule has 3 aromatic rings. The Morgan fingerprint density at radius 3 is 1.17 bits per heavy atom. The highest BCUT2D eigenvalue weighted by atomic mass is 16.6. The van der Waals surface area contributed by atoms with E-state index in [0.29, 0.717) is 26.2 Å². The second-order valence-electron chi connectivity index (χ2n) is 13.7. The Bertz CT molecular complexity index is 1300. The maximum Gasteiger partial charge on any atom is 0.323 e. The second kappa shape index (κ2) is 16.1. The van der Waals surface area contributed by atoms with Crippen molar-refractivity contribution in [2.24, 2.45) is 0 Å². The van der Waals surface area contributed by atoms with Gasteiger partial charge in [0, 0.05) is 26.2 Å². The zero-order valence-electron chi connectivity index (χ0n) is 29.3. The van der Waals surface area contributed by atoms with Crippen LogP contribution in [0.15, 0.2) is 72.8 Å². The Kier molecular flexibility index (Phi) is 12.8. The predicted octanol–water partition coefficient (Wildman–Crippen LogP) is 7.17. The van der Waals surface area contributed by atoms with Crippen molar-refractivity contribution in [3.05, 3.63) is 95.1 Å². The first-order valence-corrected chi connectivity index (χ1v) is 15.8. The van der Waals surface area contributed by atoms with Crippen molar-refractivity contribution in [1.82, 2.24) is 9.80 Å². The molecule has 8 heteroatoms. The zero-order valence-corrected chi connectivity index (χ0v) is 29.3. The number of nitrogens with zero attached hydrogens (tertiary/aromatic N) is 2. The van der Waals surface area contributed by atoms with E-state index in [1.54, 1.807) is 14.2 Å². The highest BCUT2D eigenvalue weighted by Crippen LogP contribution is 2.24. The minimum atomic E-state index is -0.602. The summed E-state index contributed by atoms with van der Waals surface area (Å²) in [7, 11) is 3.29. The molecule has 0 spiro atoms. The third kappa shape index (κ3) is 11.5. The van der Waals surface area contributed by atoms with Gasteiger partial charge < -0.3 is 18.9 Å². The smallest absolute Gasteiger partial charge is 0.323 e. The lowest BCUT2D eigenvalue weighted by atomic mass is 10.0. The molecular weight excluding hydrogens is 580 g/mol. The third-order valence-electron chi connectivity index (χ3n) is 7.55. The Morgan fingerprint density at radius 1 is 0.565 bits per heavy atom. The number of benzene rings is 3. The van der Waals surface area contributed by atoms with Gasteiger partial charge in [-0.25, -0.2) is 0 Å². The number of methoxy groups -OCH3 is 2. The van der Waals surface area contributed by atoms with Gasteiger partial charge in [0.25, 0.3) is 0 Å². The van der Waals surface area contributed by atoms with E-state index in [0.717, 1.165) is 33.8 Å². The molecule has 0 aromatic heterocycles. The largest absolute Gasteiger partial charge is 0.497 e. The molecule has 0 aliphatic rings. The Morgan fingerprint density at radius 2 is 0.891 bits per heavy atom. The second-order valence-corrected chi connectivity index (χ2v) is 13.7. The van der Waals surface area contributed by atoms with Crippen LogP contribution in [-0.4, -0.2) is 59.2 Å². The van der Waals surface area contributed by atoms with Gasteiger partial charge in [-0.1, -0.05) is 48.5 Å². The standard InChI is InChI=1S/C38H52N2O6/c1-27(35(41)45-37(3,4)5)39(23-29-15-19-33(43-9)20-16-29)25-31-13-11-12-14-32(31)26-40(28(2)36(42)46-38(6,7)8)24-30-17-21-34(44-10)22-18-30/h11-22,27-28H,23-26H2,1-10H3/t27-,28-/m0/s1. The number of rotatable bonds is 14. The molecular formula is C38H52N2O6. The summed E-state index contributed by atoms with van der Waals surface area (Å²) in [4.78, 5) is 30.9. The summed E-state index contributed by atoms with van der Waals surface area (Å²) < 4.78 is 22.3. The molecule has 3 aromatic carbocycles. The van der Waals surface area contributed by atoms with Gasteiger partial charge in [0.05, 0.1) is 14.2 Å². The van der Waals surface area contributed by atoms with Crippen LogP contribution in [0.25, 0.3) is 0 Å². The molecule has 0 fully saturated rings. The average Bonchev–Trinajstić information content (AvgIpc) is 2.99. The molecule has 2 atom stereocenters. The third-order valence-corrected chi connectivity index (χ3v) is 7.55. The number of carbonyl (C=O) groups is 2. The molecule has 0 radical (unpaired) electrons. The maximum atomic E-state index is 13.3. The first kappa shape index (κ1) is 36.6. The number of ether oxygens (including phenoxy) is 4. The Labute approximate surface area is 275 Å². The van der Waals surface area contributed by atoms with Crippen LogP contribution >= 0.6 is 0 Å². The van der Waals surface area contributed by atoms with Crippen molar-refractivity contribution in [1.29, 1.82) is 0 Å². The molecule has 3 rings (SSSR count). The molecule has 250 valence electrons. The van der Waals surface area contributed by atoms with Crippen molar-refractivity contribution < 1.29 is 28.5 Å². The van der Waals surface area contributed by atoms with E-state index in [4.69, 9.17) is 18.9 Å². The Hall–Kier alpha value is -3.88. The zero-order chi connectivity index (χ0) is 34.1.